The van der Waals surface area contributed by atoms with Crippen molar-refractivity contribution in [2.24, 2.45) is 0 Å². The van der Waals surface area contributed by atoms with Gasteiger partial charge in [0.1, 0.15) is 0 Å². The summed E-state index contributed by atoms with van der Waals surface area (Å²) in [5, 5.41) is 1.92. The molecule has 0 bridgehead atoms. The van der Waals surface area contributed by atoms with Crippen LogP contribution in [0.25, 0.3) is 0 Å². The van der Waals surface area contributed by atoms with Gasteiger partial charge < -0.3 is 0 Å². The van der Waals surface area contributed by atoms with Crippen LogP contribution < -0.4 is 0 Å². The average molecular weight is 321 g/mol. The molecule has 1 aliphatic rings. The van der Waals surface area contributed by atoms with Crippen LogP contribution in [-0.2, 0) is 24.0 Å². The zero-order valence-corrected chi connectivity index (χ0v) is 12.6. The van der Waals surface area contributed by atoms with Gasteiger partial charge in [0, 0.05) is 19.5 Å². The summed E-state index contributed by atoms with van der Waals surface area (Å²) in [6.45, 7) is 1.56. The zero-order valence-electron chi connectivity index (χ0n) is 12.6. The summed E-state index contributed by atoms with van der Waals surface area (Å²) in [4.78, 5) is 5.88. The second-order valence-electron chi connectivity index (χ2n) is 5.76. The molecule has 3 rings (SSSR count). The smallest absolute Gasteiger partial charge is 0.295 e. The monoisotopic (exact) mass is 321 g/mol. The van der Waals surface area contributed by atoms with E-state index in [0.29, 0.717) is 6.42 Å². The first-order valence-corrected chi connectivity index (χ1v) is 7.62. The Morgan fingerprint density at radius 3 is 2.30 bits per heavy atom. The third-order valence-electron chi connectivity index (χ3n) is 3.95. The van der Waals surface area contributed by atoms with E-state index in [0.717, 1.165) is 37.2 Å². The average Bonchev–Trinajstić information content (AvgIpc) is 2.95. The van der Waals surface area contributed by atoms with E-state index in [1.54, 1.807) is 0 Å². The molecule has 0 spiro atoms. The SMILES string of the molecule is FC(F)(F)c1ccc(CC2CCN(Cc3ccccc3)O2)cc1. The summed E-state index contributed by atoms with van der Waals surface area (Å²) in [5.41, 5.74) is 1.44. The fourth-order valence-electron chi connectivity index (χ4n) is 2.74. The van der Waals surface area contributed by atoms with Crippen molar-refractivity contribution in [3.63, 3.8) is 0 Å². The van der Waals surface area contributed by atoms with Crippen LogP contribution in [0.4, 0.5) is 13.2 Å². The minimum Gasteiger partial charge on any atom is -0.295 e. The standard InChI is InChI=1S/C18H18F3NO/c19-18(20,21)16-8-6-14(7-9-16)12-17-10-11-22(23-17)13-15-4-2-1-3-5-15/h1-9,17H,10-13H2. The number of rotatable bonds is 4. The summed E-state index contributed by atoms with van der Waals surface area (Å²) in [6.07, 6.45) is -2.75. The molecule has 1 aliphatic heterocycles. The molecule has 0 aliphatic carbocycles. The van der Waals surface area contributed by atoms with Crippen molar-refractivity contribution in [3.8, 4) is 0 Å². The molecule has 0 amide bonds. The van der Waals surface area contributed by atoms with E-state index in [2.05, 4.69) is 0 Å². The first-order chi connectivity index (χ1) is 11.0. The van der Waals surface area contributed by atoms with Crippen molar-refractivity contribution in [1.29, 1.82) is 0 Å². The lowest BCUT2D eigenvalue weighted by atomic mass is 10.0. The Labute approximate surface area is 133 Å². The van der Waals surface area contributed by atoms with Crippen molar-refractivity contribution in [3.05, 3.63) is 71.3 Å². The normalized spacial score (nSPS) is 19.2. The maximum Gasteiger partial charge on any atom is 0.416 e. The van der Waals surface area contributed by atoms with E-state index in [4.69, 9.17) is 4.84 Å². The molecule has 1 atom stereocenters. The summed E-state index contributed by atoms with van der Waals surface area (Å²) < 4.78 is 37.7. The minimum atomic E-state index is -4.28. The first-order valence-electron chi connectivity index (χ1n) is 7.62. The molecule has 0 N–H and O–H groups in total. The van der Waals surface area contributed by atoms with Gasteiger partial charge in [0.05, 0.1) is 11.7 Å². The number of hydroxylamine groups is 2. The van der Waals surface area contributed by atoms with Gasteiger partial charge in [-0.25, -0.2) is 0 Å². The second-order valence-corrected chi connectivity index (χ2v) is 5.76. The fraction of sp³-hybridized carbons (Fsp3) is 0.333. The van der Waals surface area contributed by atoms with Crippen LogP contribution in [0.15, 0.2) is 54.6 Å². The van der Waals surface area contributed by atoms with Crippen LogP contribution in [0.3, 0.4) is 0 Å². The summed E-state index contributed by atoms with van der Waals surface area (Å²) in [5.74, 6) is 0. The predicted octanol–water partition coefficient (Wildman–Crippen LogP) is 4.45. The molecule has 0 saturated carbocycles. The minimum absolute atomic E-state index is 0.0236. The molecule has 0 radical (unpaired) electrons. The van der Waals surface area contributed by atoms with Gasteiger partial charge in [-0.1, -0.05) is 42.5 Å². The van der Waals surface area contributed by atoms with Crippen molar-refractivity contribution in [2.45, 2.75) is 31.7 Å². The van der Waals surface area contributed by atoms with Gasteiger partial charge in [0.2, 0.25) is 0 Å². The van der Waals surface area contributed by atoms with Crippen LogP contribution in [0, 0.1) is 0 Å². The van der Waals surface area contributed by atoms with E-state index in [-0.39, 0.29) is 6.10 Å². The van der Waals surface area contributed by atoms with Gasteiger partial charge in [0.15, 0.2) is 0 Å². The number of hydrogen-bond acceptors (Lipinski definition) is 2. The van der Waals surface area contributed by atoms with Gasteiger partial charge in [-0.05, 0) is 29.7 Å². The molecule has 0 aromatic heterocycles. The highest BCUT2D eigenvalue weighted by Gasteiger charge is 2.30. The zero-order chi connectivity index (χ0) is 16.3. The molecule has 1 fully saturated rings. The lowest BCUT2D eigenvalue weighted by Gasteiger charge is -2.16. The van der Waals surface area contributed by atoms with Crippen LogP contribution in [0.1, 0.15) is 23.1 Å². The van der Waals surface area contributed by atoms with E-state index in [9.17, 15) is 13.2 Å². The molecule has 1 saturated heterocycles. The van der Waals surface area contributed by atoms with Gasteiger partial charge in [-0.2, -0.15) is 18.2 Å². The third-order valence-corrected chi connectivity index (χ3v) is 3.95. The van der Waals surface area contributed by atoms with Crippen molar-refractivity contribution in [1.82, 2.24) is 5.06 Å². The topological polar surface area (TPSA) is 12.5 Å². The number of hydrogen-bond donors (Lipinski definition) is 0. The van der Waals surface area contributed by atoms with Gasteiger partial charge in [-0.15, -0.1) is 0 Å². The maximum atomic E-state index is 12.6. The highest BCUT2D eigenvalue weighted by atomic mass is 19.4. The molecular weight excluding hydrogens is 303 g/mol. The highest BCUT2D eigenvalue weighted by molar-refractivity contribution is 5.25. The van der Waals surface area contributed by atoms with Gasteiger partial charge in [0.25, 0.3) is 0 Å². The molecular formula is C18H18F3NO. The Morgan fingerprint density at radius 1 is 0.957 bits per heavy atom. The number of nitrogens with zero attached hydrogens (tertiary/aromatic N) is 1. The molecule has 2 aromatic carbocycles. The van der Waals surface area contributed by atoms with E-state index < -0.39 is 11.7 Å². The van der Waals surface area contributed by atoms with E-state index in [1.807, 2.05) is 35.4 Å². The lowest BCUT2D eigenvalue weighted by molar-refractivity contribution is -0.151. The van der Waals surface area contributed by atoms with Crippen LogP contribution in [-0.4, -0.2) is 17.7 Å². The summed E-state index contributed by atoms with van der Waals surface area (Å²) in [6, 6.07) is 15.4. The van der Waals surface area contributed by atoms with Gasteiger partial charge in [-0.3, -0.25) is 4.84 Å². The third kappa shape index (κ3) is 4.33. The molecule has 1 heterocycles. The van der Waals surface area contributed by atoms with Crippen LogP contribution in [0.5, 0.6) is 0 Å². The Hall–Kier alpha value is -1.85. The predicted molar refractivity (Wildman–Crippen MR) is 81.5 cm³/mol. The second kappa shape index (κ2) is 6.72. The fourth-order valence-corrected chi connectivity index (χ4v) is 2.74. The van der Waals surface area contributed by atoms with Gasteiger partial charge >= 0.3 is 6.18 Å². The quantitative estimate of drug-likeness (QED) is 0.825. The molecule has 2 aromatic rings. The van der Waals surface area contributed by atoms with Crippen molar-refractivity contribution >= 4 is 0 Å². The van der Waals surface area contributed by atoms with Crippen LogP contribution >= 0.6 is 0 Å². The Kier molecular flexibility index (Phi) is 4.68. The maximum absolute atomic E-state index is 12.6. The summed E-state index contributed by atoms with van der Waals surface area (Å²) >= 11 is 0. The van der Waals surface area contributed by atoms with Crippen molar-refractivity contribution < 1.29 is 18.0 Å². The highest BCUT2D eigenvalue weighted by Crippen LogP contribution is 2.29. The molecule has 5 heteroatoms. The Morgan fingerprint density at radius 2 is 1.65 bits per heavy atom. The van der Waals surface area contributed by atoms with E-state index >= 15 is 0 Å². The Balaban J connectivity index is 1.54. The lowest BCUT2D eigenvalue weighted by Crippen LogP contribution is -2.20. The molecule has 2 nitrogen and oxygen atoms in total. The van der Waals surface area contributed by atoms with Crippen molar-refractivity contribution in [2.75, 3.05) is 6.54 Å². The first kappa shape index (κ1) is 16.0. The molecule has 1 unspecified atom stereocenters. The van der Waals surface area contributed by atoms with E-state index in [1.165, 1.54) is 17.7 Å². The van der Waals surface area contributed by atoms with Crippen LogP contribution in [0.2, 0.25) is 0 Å². The summed E-state index contributed by atoms with van der Waals surface area (Å²) in [7, 11) is 0. The number of halogens is 3. The number of alkyl halides is 3. The largest absolute Gasteiger partial charge is 0.416 e. The number of benzene rings is 2. The molecule has 23 heavy (non-hydrogen) atoms. The molecule has 122 valence electrons. The Bertz CT molecular complexity index is 625.